The van der Waals surface area contributed by atoms with Crippen LogP contribution in [-0.4, -0.2) is 41.5 Å². The number of benzene rings is 1. The van der Waals surface area contributed by atoms with E-state index in [0.29, 0.717) is 13.1 Å². The molecule has 1 aliphatic heterocycles. The van der Waals surface area contributed by atoms with Crippen LogP contribution in [0.3, 0.4) is 0 Å². The molecule has 6 heteroatoms. The van der Waals surface area contributed by atoms with Crippen LogP contribution in [0.4, 0.5) is 10.5 Å². The molecule has 3 amide bonds. The van der Waals surface area contributed by atoms with Crippen LogP contribution in [0.25, 0.3) is 0 Å². The number of carbonyl (C=O) groups is 2. The summed E-state index contributed by atoms with van der Waals surface area (Å²) in [6.45, 7) is 8.56. The molecule has 1 aromatic carbocycles. The summed E-state index contributed by atoms with van der Waals surface area (Å²) < 4.78 is 0.929. The van der Waals surface area contributed by atoms with E-state index in [-0.39, 0.29) is 17.5 Å². The van der Waals surface area contributed by atoms with Gasteiger partial charge in [0.15, 0.2) is 0 Å². The topological polar surface area (TPSA) is 52.7 Å². The maximum Gasteiger partial charge on any atom is 0.318 e. The molecule has 0 aromatic heterocycles. The fraction of sp³-hybridized carbons (Fsp3) is 0.500. The third-order valence-electron chi connectivity index (χ3n) is 3.52. The Hall–Kier alpha value is -1.56. The number of rotatable bonds is 1. The highest BCUT2D eigenvalue weighted by Crippen LogP contribution is 2.24. The van der Waals surface area contributed by atoms with Crippen LogP contribution in [-0.2, 0) is 4.79 Å². The van der Waals surface area contributed by atoms with Crippen LogP contribution in [0.15, 0.2) is 28.7 Å². The van der Waals surface area contributed by atoms with E-state index >= 15 is 0 Å². The molecular weight excluding hydrogens is 346 g/mol. The number of hydrogen-bond donors (Lipinski definition) is 1. The minimum absolute atomic E-state index is 0.0617. The van der Waals surface area contributed by atoms with Gasteiger partial charge in [0.05, 0.1) is 0 Å². The Kier molecular flexibility index (Phi) is 4.80. The monoisotopic (exact) mass is 367 g/mol. The molecule has 0 aliphatic carbocycles. The lowest BCUT2D eigenvalue weighted by molar-refractivity contribution is -0.124. The molecule has 1 aromatic rings. The summed E-state index contributed by atoms with van der Waals surface area (Å²) in [5.41, 5.74) is 0.531. The number of piperazine rings is 1. The number of anilines is 1. The summed E-state index contributed by atoms with van der Waals surface area (Å²) in [6.07, 6.45) is 0. The fourth-order valence-electron chi connectivity index (χ4n) is 2.44. The molecule has 0 saturated carbocycles. The molecule has 1 saturated heterocycles. The number of halogens is 1. The second-order valence-electron chi connectivity index (χ2n) is 6.52. The van der Waals surface area contributed by atoms with E-state index in [9.17, 15) is 9.59 Å². The van der Waals surface area contributed by atoms with E-state index in [1.807, 2.05) is 45.0 Å². The third kappa shape index (κ3) is 3.80. The highest BCUT2D eigenvalue weighted by molar-refractivity contribution is 9.10. The Balaban J connectivity index is 2.13. The van der Waals surface area contributed by atoms with Gasteiger partial charge in [-0.05, 0) is 45.9 Å². The summed E-state index contributed by atoms with van der Waals surface area (Å²) in [5, 5.41) is 2.91. The highest BCUT2D eigenvalue weighted by Gasteiger charge is 2.35. The first-order valence-electron chi connectivity index (χ1n) is 7.35. The number of urea groups is 1. The first-order valence-corrected chi connectivity index (χ1v) is 8.14. The second kappa shape index (κ2) is 6.28. The molecule has 1 heterocycles. The zero-order chi connectivity index (χ0) is 16.5. The van der Waals surface area contributed by atoms with Crippen molar-refractivity contribution >= 4 is 33.6 Å². The van der Waals surface area contributed by atoms with Gasteiger partial charge < -0.3 is 15.1 Å². The van der Waals surface area contributed by atoms with E-state index in [1.54, 1.807) is 16.7 Å². The van der Waals surface area contributed by atoms with Crippen molar-refractivity contribution in [3.63, 3.8) is 0 Å². The van der Waals surface area contributed by atoms with Gasteiger partial charge in [0.2, 0.25) is 5.91 Å². The minimum atomic E-state index is -0.477. The van der Waals surface area contributed by atoms with Crippen LogP contribution >= 0.6 is 15.9 Å². The summed E-state index contributed by atoms with van der Waals surface area (Å²) in [4.78, 5) is 28.2. The second-order valence-corrected chi connectivity index (χ2v) is 7.43. The van der Waals surface area contributed by atoms with Crippen LogP contribution in [0, 0.1) is 0 Å². The Morgan fingerprint density at radius 2 is 2.00 bits per heavy atom. The maximum absolute atomic E-state index is 12.6. The first kappa shape index (κ1) is 16.8. The summed E-state index contributed by atoms with van der Waals surface area (Å²) in [5.74, 6) is -0.0617. The predicted molar refractivity (Wildman–Crippen MR) is 90.9 cm³/mol. The van der Waals surface area contributed by atoms with Gasteiger partial charge in [0.1, 0.15) is 6.04 Å². The number of nitrogens with one attached hydrogen (secondary N) is 1. The van der Waals surface area contributed by atoms with Crippen LogP contribution < -0.4 is 10.2 Å². The van der Waals surface area contributed by atoms with Crippen LogP contribution in [0.2, 0.25) is 0 Å². The van der Waals surface area contributed by atoms with Gasteiger partial charge >= 0.3 is 6.03 Å². The smallest absolute Gasteiger partial charge is 0.318 e. The van der Waals surface area contributed by atoms with Crippen molar-refractivity contribution in [1.82, 2.24) is 10.2 Å². The molecule has 0 spiro atoms. The van der Waals surface area contributed by atoms with Crippen molar-refractivity contribution in [2.24, 2.45) is 0 Å². The van der Waals surface area contributed by atoms with Crippen molar-refractivity contribution in [3.8, 4) is 0 Å². The molecule has 5 nitrogen and oxygen atoms in total. The van der Waals surface area contributed by atoms with Gasteiger partial charge in [0, 0.05) is 28.8 Å². The molecule has 22 heavy (non-hydrogen) atoms. The van der Waals surface area contributed by atoms with Crippen molar-refractivity contribution in [2.75, 3.05) is 18.0 Å². The Bertz CT molecular complexity index is 583. The molecule has 1 fully saturated rings. The van der Waals surface area contributed by atoms with Gasteiger partial charge in [-0.3, -0.25) is 4.79 Å². The zero-order valence-electron chi connectivity index (χ0n) is 13.4. The van der Waals surface area contributed by atoms with E-state index in [1.165, 1.54) is 0 Å². The Labute approximate surface area is 139 Å². The number of carbonyl (C=O) groups excluding carboxylic acids is 2. The molecule has 1 aliphatic rings. The quantitative estimate of drug-likeness (QED) is 0.829. The molecular formula is C16H22BrN3O2. The van der Waals surface area contributed by atoms with Crippen LogP contribution in [0.1, 0.15) is 27.7 Å². The predicted octanol–water partition coefficient (Wildman–Crippen LogP) is 2.99. The molecule has 120 valence electrons. The van der Waals surface area contributed by atoms with Gasteiger partial charge in [-0.25, -0.2) is 4.79 Å². The fourth-order valence-corrected chi connectivity index (χ4v) is 2.83. The van der Waals surface area contributed by atoms with E-state index in [2.05, 4.69) is 21.2 Å². The van der Waals surface area contributed by atoms with E-state index in [4.69, 9.17) is 0 Å². The minimum Gasteiger partial charge on any atom is -0.333 e. The number of hydrogen-bond acceptors (Lipinski definition) is 2. The van der Waals surface area contributed by atoms with Crippen LogP contribution in [0.5, 0.6) is 0 Å². The average molecular weight is 368 g/mol. The highest BCUT2D eigenvalue weighted by atomic mass is 79.9. The summed E-state index contributed by atoms with van der Waals surface area (Å²) in [6, 6.07) is 6.97. The molecule has 1 N–H and O–H groups in total. The molecule has 0 bridgehead atoms. The SMILES string of the molecule is CC1C(=O)N(c2cccc(Br)c2)CCN1C(=O)NC(C)(C)C. The van der Waals surface area contributed by atoms with Gasteiger partial charge in [0.25, 0.3) is 0 Å². The molecule has 1 unspecified atom stereocenters. The molecule has 2 rings (SSSR count). The normalized spacial score (nSPS) is 19.3. The van der Waals surface area contributed by atoms with E-state index < -0.39 is 6.04 Å². The molecule has 1 atom stereocenters. The van der Waals surface area contributed by atoms with Crippen molar-refractivity contribution in [3.05, 3.63) is 28.7 Å². The van der Waals surface area contributed by atoms with Gasteiger partial charge in [-0.1, -0.05) is 22.0 Å². The lowest BCUT2D eigenvalue weighted by atomic mass is 10.1. The van der Waals surface area contributed by atoms with Gasteiger partial charge in [-0.15, -0.1) is 0 Å². The maximum atomic E-state index is 12.6. The zero-order valence-corrected chi connectivity index (χ0v) is 15.0. The standard InChI is InChI=1S/C16H22BrN3O2/c1-11-14(21)20(13-7-5-6-12(17)10-13)9-8-19(11)15(22)18-16(2,3)4/h5-7,10-11H,8-9H2,1-4H3,(H,18,22). The summed E-state index contributed by atoms with van der Waals surface area (Å²) >= 11 is 3.42. The summed E-state index contributed by atoms with van der Waals surface area (Å²) in [7, 11) is 0. The van der Waals surface area contributed by atoms with Crippen molar-refractivity contribution in [1.29, 1.82) is 0 Å². The lowest BCUT2D eigenvalue weighted by Crippen LogP contribution is -2.61. The Morgan fingerprint density at radius 1 is 1.32 bits per heavy atom. The lowest BCUT2D eigenvalue weighted by Gasteiger charge is -2.40. The third-order valence-corrected chi connectivity index (χ3v) is 4.01. The van der Waals surface area contributed by atoms with Crippen molar-refractivity contribution in [2.45, 2.75) is 39.3 Å². The number of nitrogens with zero attached hydrogens (tertiary/aromatic N) is 2. The Morgan fingerprint density at radius 3 is 2.59 bits per heavy atom. The molecule has 0 radical (unpaired) electrons. The average Bonchev–Trinajstić information content (AvgIpc) is 2.39. The van der Waals surface area contributed by atoms with Gasteiger partial charge in [-0.2, -0.15) is 0 Å². The van der Waals surface area contributed by atoms with E-state index in [0.717, 1.165) is 10.2 Å². The largest absolute Gasteiger partial charge is 0.333 e. The first-order chi connectivity index (χ1) is 10.2. The van der Waals surface area contributed by atoms with Crippen molar-refractivity contribution < 1.29 is 9.59 Å². The number of amides is 3.